The summed E-state index contributed by atoms with van der Waals surface area (Å²) >= 11 is 0. The minimum absolute atomic E-state index is 0.0940. The molecule has 0 amide bonds. The minimum Gasteiger partial charge on any atom is -0.456 e. The highest BCUT2D eigenvalue weighted by molar-refractivity contribution is 5.97. The van der Waals surface area contributed by atoms with Crippen molar-refractivity contribution in [3.8, 4) is 5.75 Å². The Morgan fingerprint density at radius 2 is 1.09 bits per heavy atom. The van der Waals surface area contributed by atoms with Crippen molar-refractivity contribution in [2.24, 2.45) is 0 Å². The van der Waals surface area contributed by atoms with Gasteiger partial charge in [-0.15, -0.1) is 0 Å². The second kappa shape index (κ2) is 13.2. The third-order valence-electron chi connectivity index (χ3n) is 3.65. The predicted molar refractivity (Wildman–Crippen MR) is 115 cm³/mol. The monoisotopic (exact) mass is 476 g/mol. The van der Waals surface area contributed by atoms with Crippen molar-refractivity contribution in [2.45, 2.75) is 20.8 Å². The van der Waals surface area contributed by atoms with Gasteiger partial charge in [-0.3, -0.25) is 0 Å². The average Bonchev–Trinajstić information content (AvgIpc) is 2.78. The van der Waals surface area contributed by atoms with Crippen LogP contribution in [-0.2, 0) is 38.1 Å². The molecule has 1 rings (SSSR count). The number of benzene rings is 1. The first-order valence-corrected chi connectivity index (χ1v) is 9.53. The molecule has 0 saturated carbocycles. The summed E-state index contributed by atoms with van der Waals surface area (Å²) in [7, 11) is 0. The van der Waals surface area contributed by atoms with Gasteiger partial charge in [0.25, 0.3) is 0 Å². The highest BCUT2D eigenvalue weighted by Gasteiger charge is 2.20. The molecule has 0 heterocycles. The maximum absolute atomic E-state index is 12.5. The van der Waals surface area contributed by atoms with Crippen molar-refractivity contribution in [3.05, 3.63) is 65.8 Å². The topological polar surface area (TPSA) is 141 Å². The summed E-state index contributed by atoms with van der Waals surface area (Å²) in [6.07, 6.45) is 0. The molecule has 0 unspecified atom stereocenters. The van der Waals surface area contributed by atoms with Crippen molar-refractivity contribution in [2.75, 3.05) is 20.4 Å². The highest BCUT2D eigenvalue weighted by atomic mass is 16.7. The van der Waals surface area contributed by atoms with E-state index in [0.29, 0.717) is 0 Å². The summed E-state index contributed by atoms with van der Waals surface area (Å²) in [5.41, 5.74) is -0.0542. The number of esters is 5. The van der Waals surface area contributed by atoms with Crippen LogP contribution in [0.25, 0.3) is 0 Å². The van der Waals surface area contributed by atoms with E-state index in [1.54, 1.807) is 0 Å². The number of hydrogen-bond donors (Lipinski definition) is 0. The lowest BCUT2D eigenvalue weighted by Gasteiger charge is -2.13. The molecule has 0 aromatic heterocycles. The van der Waals surface area contributed by atoms with Crippen LogP contribution in [0.3, 0.4) is 0 Å². The average molecular weight is 476 g/mol. The van der Waals surface area contributed by atoms with Gasteiger partial charge in [-0.1, -0.05) is 19.7 Å². The molecule has 11 nitrogen and oxygen atoms in total. The zero-order valence-corrected chi connectivity index (χ0v) is 19.0. The molecule has 1 aromatic carbocycles. The molecule has 0 saturated heterocycles. The Morgan fingerprint density at radius 1 is 0.647 bits per heavy atom. The first kappa shape index (κ1) is 27.6. The summed E-state index contributed by atoms with van der Waals surface area (Å²) in [5.74, 6) is -4.33. The van der Waals surface area contributed by atoms with Gasteiger partial charge < -0.3 is 28.4 Å². The van der Waals surface area contributed by atoms with E-state index >= 15 is 0 Å². The molecule has 11 heteroatoms. The van der Waals surface area contributed by atoms with Crippen LogP contribution in [0, 0.1) is 0 Å². The van der Waals surface area contributed by atoms with E-state index in [1.807, 2.05) is 0 Å². The van der Waals surface area contributed by atoms with Gasteiger partial charge >= 0.3 is 29.8 Å². The van der Waals surface area contributed by atoms with Crippen molar-refractivity contribution in [3.63, 3.8) is 0 Å². The van der Waals surface area contributed by atoms with E-state index in [9.17, 15) is 24.0 Å². The summed E-state index contributed by atoms with van der Waals surface area (Å²) in [6, 6.07) is 3.54. The van der Waals surface area contributed by atoms with E-state index in [2.05, 4.69) is 24.5 Å². The predicted octanol–water partition coefficient (Wildman–Crippen LogP) is 2.61. The van der Waals surface area contributed by atoms with Gasteiger partial charge in [0.05, 0.1) is 5.56 Å². The Morgan fingerprint density at radius 3 is 1.56 bits per heavy atom. The molecule has 0 aliphatic rings. The normalized spacial score (nSPS) is 9.74. The van der Waals surface area contributed by atoms with Crippen LogP contribution in [-0.4, -0.2) is 50.2 Å². The Labute approximate surface area is 195 Å². The molecule has 0 radical (unpaired) electrons. The van der Waals surface area contributed by atoms with Crippen molar-refractivity contribution in [1.82, 2.24) is 0 Å². The first-order valence-electron chi connectivity index (χ1n) is 9.53. The van der Waals surface area contributed by atoms with Crippen LogP contribution >= 0.6 is 0 Å². The lowest BCUT2D eigenvalue weighted by atomic mass is 10.1. The van der Waals surface area contributed by atoms with Crippen molar-refractivity contribution in [1.29, 1.82) is 0 Å². The fourth-order valence-electron chi connectivity index (χ4n) is 1.89. The van der Waals surface area contributed by atoms with Crippen LogP contribution in [0.15, 0.2) is 54.7 Å². The van der Waals surface area contributed by atoms with Crippen molar-refractivity contribution < 1.29 is 52.4 Å². The highest BCUT2D eigenvalue weighted by Crippen LogP contribution is 2.22. The van der Waals surface area contributed by atoms with Crippen LogP contribution in [0.4, 0.5) is 0 Å². The lowest BCUT2D eigenvalue weighted by molar-refractivity contribution is -0.148. The Kier molecular flexibility index (Phi) is 10.7. The summed E-state index contributed by atoms with van der Waals surface area (Å²) in [5, 5.41) is 0. The zero-order chi connectivity index (χ0) is 25.8. The molecule has 0 fully saturated rings. The largest absolute Gasteiger partial charge is 0.456 e. The van der Waals surface area contributed by atoms with Gasteiger partial charge in [-0.05, 0) is 39.0 Å². The number of hydrogen-bond acceptors (Lipinski definition) is 11. The Balaban J connectivity index is 2.97. The van der Waals surface area contributed by atoms with E-state index in [0.717, 1.165) is 6.07 Å². The minimum atomic E-state index is -1.03. The van der Waals surface area contributed by atoms with Gasteiger partial charge in [-0.2, -0.15) is 0 Å². The molecule has 0 atom stereocenters. The summed E-state index contributed by atoms with van der Waals surface area (Å²) < 4.78 is 29.2. The van der Waals surface area contributed by atoms with Gasteiger partial charge in [0, 0.05) is 16.7 Å². The van der Waals surface area contributed by atoms with Gasteiger partial charge in [-0.25, -0.2) is 24.0 Å². The summed E-state index contributed by atoms with van der Waals surface area (Å²) in [4.78, 5) is 59.0. The standard InChI is InChI=1S/C23H24O11/c1-13(2)19(24)30-10-29-18-8-7-16(22(27)33-11-31-20(25)14(3)4)9-17(18)23(28)34-12-32-21(26)15(5)6/h7-9H,1,3,5,10-12H2,2,4,6H3. The van der Waals surface area contributed by atoms with Crippen LogP contribution in [0.1, 0.15) is 41.5 Å². The number of rotatable bonds is 12. The smallest absolute Gasteiger partial charge is 0.344 e. The summed E-state index contributed by atoms with van der Waals surface area (Å²) in [6.45, 7) is 12.5. The second-order valence-electron chi connectivity index (χ2n) is 6.71. The van der Waals surface area contributed by atoms with Crippen LogP contribution in [0.5, 0.6) is 5.75 Å². The first-order chi connectivity index (χ1) is 15.9. The van der Waals surface area contributed by atoms with E-state index in [-0.39, 0.29) is 33.6 Å². The molecule has 182 valence electrons. The lowest BCUT2D eigenvalue weighted by Crippen LogP contribution is -2.17. The SMILES string of the molecule is C=C(C)C(=O)OCOC(=O)c1ccc(OCOC(=O)C(=C)C)c(C(=O)OCOC(=O)C(=C)C)c1. The molecule has 0 aliphatic heterocycles. The Hall–Kier alpha value is -4.41. The molecular weight excluding hydrogens is 452 g/mol. The fraction of sp³-hybridized carbons (Fsp3) is 0.261. The number of carbonyl (C=O) groups excluding carboxylic acids is 5. The van der Waals surface area contributed by atoms with Gasteiger partial charge in [0.2, 0.25) is 20.4 Å². The molecule has 1 aromatic rings. The molecule has 0 bridgehead atoms. The van der Waals surface area contributed by atoms with Crippen LogP contribution < -0.4 is 4.74 Å². The van der Waals surface area contributed by atoms with E-state index in [1.165, 1.54) is 32.9 Å². The van der Waals surface area contributed by atoms with E-state index < -0.39 is 50.2 Å². The molecule has 0 spiro atoms. The second-order valence-corrected chi connectivity index (χ2v) is 6.71. The molecular formula is C23H24O11. The third kappa shape index (κ3) is 8.99. The zero-order valence-electron chi connectivity index (χ0n) is 19.0. The number of ether oxygens (including phenoxy) is 6. The fourth-order valence-corrected chi connectivity index (χ4v) is 1.89. The molecule has 0 aliphatic carbocycles. The Bertz CT molecular complexity index is 1020. The molecule has 34 heavy (non-hydrogen) atoms. The maximum atomic E-state index is 12.5. The third-order valence-corrected chi connectivity index (χ3v) is 3.65. The number of carbonyl (C=O) groups is 5. The van der Waals surface area contributed by atoms with E-state index in [4.69, 9.17) is 23.7 Å². The maximum Gasteiger partial charge on any atom is 0.344 e. The van der Waals surface area contributed by atoms with Gasteiger partial charge in [0.15, 0.2) is 0 Å². The quantitative estimate of drug-likeness (QED) is 0.190. The van der Waals surface area contributed by atoms with Crippen molar-refractivity contribution >= 4 is 29.8 Å². The van der Waals surface area contributed by atoms with Crippen LogP contribution in [0.2, 0.25) is 0 Å². The molecule has 0 N–H and O–H groups in total. The van der Waals surface area contributed by atoms with Gasteiger partial charge in [0.1, 0.15) is 11.3 Å².